The fraction of sp³-hybridized carbons (Fsp3) is 0.464. The van der Waals surface area contributed by atoms with E-state index in [1.165, 1.54) is 0 Å². The van der Waals surface area contributed by atoms with Crippen LogP contribution in [-0.4, -0.2) is 12.8 Å². The smallest absolute Gasteiger partial charge is 0.149 e. The van der Waals surface area contributed by atoms with Crippen molar-refractivity contribution in [1.29, 1.82) is 0 Å². The zero-order chi connectivity index (χ0) is 27.6. The monoisotopic (exact) mass is 435 g/mol. The summed E-state index contributed by atoms with van der Waals surface area (Å²) < 4.78 is 56.4. The summed E-state index contributed by atoms with van der Waals surface area (Å²) in [5.74, 6) is 0.193. The van der Waals surface area contributed by atoms with Gasteiger partial charge in [-0.05, 0) is 55.4 Å². The van der Waals surface area contributed by atoms with Crippen molar-refractivity contribution in [3.63, 3.8) is 0 Å². The van der Waals surface area contributed by atoms with E-state index in [1.807, 2.05) is 32.0 Å². The molecule has 4 aromatic rings. The summed E-state index contributed by atoms with van der Waals surface area (Å²) in [4.78, 5) is 0. The molecule has 1 aliphatic rings. The van der Waals surface area contributed by atoms with Gasteiger partial charge in [0.2, 0.25) is 11.0 Å². The minimum absolute atomic E-state index is 0.0695. The molecule has 0 aliphatic carbocycles. The van der Waals surface area contributed by atoms with E-state index < -0.39 is 26.8 Å². The van der Waals surface area contributed by atoms with Crippen molar-refractivity contribution < 1.29 is 12.7 Å². The van der Waals surface area contributed by atoms with Crippen molar-refractivity contribution in [1.82, 2.24) is 4.68 Å². The molecule has 1 unspecified atom stereocenters. The quantitative estimate of drug-likeness (QED) is 0.191. The number of aromatic nitrogens is 2. The van der Waals surface area contributed by atoms with E-state index >= 15 is 0 Å². The number of pyridine rings is 1. The fourth-order valence-corrected chi connectivity index (χ4v) is 8.84. The molecule has 0 N–H and O–H groups in total. The second-order valence-corrected chi connectivity index (χ2v) is 15.4. The van der Waals surface area contributed by atoms with Crippen LogP contribution in [-0.2, 0) is 5.04 Å². The van der Waals surface area contributed by atoms with Crippen molar-refractivity contribution in [2.45, 2.75) is 85.3 Å². The van der Waals surface area contributed by atoms with Gasteiger partial charge in [-0.1, -0.05) is 69.5 Å². The summed E-state index contributed by atoms with van der Waals surface area (Å²) in [6.45, 7) is 12.3. The van der Waals surface area contributed by atoms with Gasteiger partial charge in [-0.2, -0.15) is 0 Å². The topological polar surface area (TPSA) is 9.03 Å². The molecule has 3 heterocycles. The fourth-order valence-electron chi connectivity index (χ4n) is 6.01. The Labute approximate surface area is 196 Å². The Balaban J connectivity index is 2.30. The summed E-state index contributed by atoms with van der Waals surface area (Å²) in [5, 5.41) is 2.57. The summed E-state index contributed by atoms with van der Waals surface area (Å²) >= 11 is 0. The first-order valence-electron chi connectivity index (χ1n) is 14.4. The van der Waals surface area contributed by atoms with Crippen LogP contribution in [0.25, 0.3) is 27.2 Å². The van der Waals surface area contributed by atoms with Crippen molar-refractivity contribution in [2.75, 3.05) is 0 Å². The highest BCUT2D eigenvalue weighted by molar-refractivity contribution is 6.94. The maximum absolute atomic E-state index is 8.86. The van der Waals surface area contributed by atoms with E-state index in [1.54, 1.807) is 6.07 Å². The first-order valence-corrected chi connectivity index (χ1v) is 14.4. The number of fused-ring (bicyclic) bond motifs is 3. The average molecular weight is 436 g/mol. The zero-order valence-corrected chi connectivity index (χ0v) is 20.9. The van der Waals surface area contributed by atoms with Crippen molar-refractivity contribution in [3.8, 4) is 0 Å². The lowest BCUT2D eigenvalue weighted by atomic mass is 9.91. The summed E-state index contributed by atoms with van der Waals surface area (Å²) in [6, 6.07) is 9.93. The molecule has 5 rings (SSSR count). The van der Waals surface area contributed by atoms with E-state index in [-0.39, 0.29) is 12.0 Å². The highest BCUT2D eigenvalue weighted by Gasteiger charge is 2.52. The van der Waals surface area contributed by atoms with Gasteiger partial charge in [0.1, 0.15) is 0 Å². The molecular formula is C28H37N2Si+. The Kier molecular flexibility index (Phi) is 2.98. The normalized spacial score (nSPS) is 23.9. The average Bonchev–Trinajstić information content (AvgIpc) is 3.08. The number of para-hydroxylation sites is 1. The maximum atomic E-state index is 8.86. The number of rotatable bonds is 2. The molecule has 0 bridgehead atoms. The van der Waals surface area contributed by atoms with Crippen LogP contribution in [0, 0.1) is 13.8 Å². The summed E-state index contributed by atoms with van der Waals surface area (Å²) in [6.07, 6.45) is 0. The molecule has 0 saturated heterocycles. The molecule has 2 aromatic carbocycles. The van der Waals surface area contributed by atoms with E-state index in [9.17, 15) is 0 Å². The van der Waals surface area contributed by atoms with Crippen LogP contribution in [0.15, 0.2) is 30.3 Å². The van der Waals surface area contributed by atoms with Crippen LogP contribution in [0.1, 0.15) is 84.0 Å². The first-order chi connectivity index (χ1) is 16.9. The second kappa shape index (κ2) is 6.22. The Morgan fingerprint density at radius 1 is 1.03 bits per heavy atom. The van der Waals surface area contributed by atoms with Crippen molar-refractivity contribution >= 4 is 40.5 Å². The van der Waals surface area contributed by atoms with Crippen molar-refractivity contribution in [2.24, 2.45) is 0 Å². The van der Waals surface area contributed by atoms with Crippen molar-refractivity contribution in [3.05, 3.63) is 52.7 Å². The minimum atomic E-state index is -2.74. The van der Waals surface area contributed by atoms with Gasteiger partial charge in [0.25, 0.3) is 0 Å². The number of hydrogen-bond acceptors (Lipinski definition) is 0. The van der Waals surface area contributed by atoms with E-state index in [0.717, 1.165) is 49.2 Å². The lowest BCUT2D eigenvalue weighted by Crippen LogP contribution is -2.59. The van der Waals surface area contributed by atoms with Crippen LogP contribution in [0.4, 0.5) is 0 Å². The molecule has 31 heavy (non-hydrogen) atoms. The maximum Gasteiger partial charge on any atom is 0.249 e. The third-order valence-electron chi connectivity index (χ3n) is 7.89. The summed E-state index contributed by atoms with van der Waals surface area (Å²) in [5.41, 5.74) is 5.11. The predicted octanol–water partition coefficient (Wildman–Crippen LogP) is 6.60. The predicted molar refractivity (Wildman–Crippen MR) is 137 cm³/mol. The van der Waals surface area contributed by atoms with Gasteiger partial charge in [0, 0.05) is 19.2 Å². The standard InChI is InChI=1S/C28H37N2Si/c1-16(2)20-12-11-13-21-23-18(5)14-15-22-24(23)27-25(28(7,8)31(22,9)10)19(6)29(17(3)4)30(27)26(20)21/h11-17H,1-10H3/q+1/i5D3,7D3. The van der Waals surface area contributed by atoms with Gasteiger partial charge < -0.3 is 0 Å². The molecule has 162 valence electrons. The molecule has 0 saturated carbocycles. The van der Waals surface area contributed by atoms with Gasteiger partial charge >= 0.3 is 0 Å². The van der Waals surface area contributed by atoms with Crippen LogP contribution in [0.5, 0.6) is 0 Å². The molecular weight excluding hydrogens is 392 g/mol. The number of aryl methyl sites for hydroxylation is 1. The lowest BCUT2D eigenvalue weighted by molar-refractivity contribution is -0.586. The van der Waals surface area contributed by atoms with E-state index in [0.29, 0.717) is 5.56 Å². The molecule has 1 atom stereocenters. The summed E-state index contributed by atoms with van der Waals surface area (Å²) in [7, 11) is -2.74. The Morgan fingerprint density at radius 2 is 1.77 bits per heavy atom. The number of benzene rings is 2. The largest absolute Gasteiger partial charge is 0.249 e. The highest BCUT2D eigenvalue weighted by Crippen LogP contribution is 2.46. The SMILES string of the molecule is [2H]C([2H])([2H])c1ccc2c3c1c1cccc(C(C)C)c1[n+]1c3c(c(C)n1C(C)C)C(C)(C([2H])([2H])[2H])[Si]2(C)C. The Bertz CT molecular complexity index is 1610. The molecule has 2 nitrogen and oxygen atoms in total. The number of nitrogens with zero attached hydrogens (tertiary/aromatic N) is 2. The van der Waals surface area contributed by atoms with E-state index in [2.05, 4.69) is 56.1 Å². The van der Waals surface area contributed by atoms with Gasteiger partial charge in [-0.15, -0.1) is 4.68 Å². The van der Waals surface area contributed by atoms with E-state index in [4.69, 9.17) is 8.22 Å². The zero-order valence-electron chi connectivity index (χ0n) is 25.9. The van der Waals surface area contributed by atoms with Crippen LogP contribution >= 0.6 is 0 Å². The molecule has 0 fully saturated rings. The van der Waals surface area contributed by atoms with Crippen LogP contribution < -0.4 is 9.70 Å². The molecule has 2 aromatic heterocycles. The highest BCUT2D eigenvalue weighted by atomic mass is 28.3. The molecule has 0 amide bonds. The van der Waals surface area contributed by atoms with Gasteiger partial charge in [-0.25, -0.2) is 0 Å². The van der Waals surface area contributed by atoms with Crippen LogP contribution in [0.2, 0.25) is 13.1 Å². The molecule has 3 heteroatoms. The molecule has 1 aliphatic heterocycles. The van der Waals surface area contributed by atoms with Gasteiger partial charge in [0.15, 0.2) is 0 Å². The molecule has 0 spiro atoms. The molecule has 0 radical (unpaired) electrons. The first kappa shape index (κ1) is 14.8. The number of hydrogen-bond donors (Lipinski definition) is 0. The second-order valence-electron chi connectivity index (χ2n) is 10.6. The van der Waals surface area contributed by atoms with Gasteiger partial charge in [-0.3, -0.25) is 0 Å². The third kappa shape index (κ3) is 2.31. The Hall–Kier alpha value is -2.13. The van der Waals surface area contributed by atoms with Gasteiger partial charge in [0.05, 0.1) is 36.1 Å². The lowest BCUT2D eigenvalue weighted by Gasteiger charge is -2.43. The minimum Gasteiger partial charge on any atom is -0.149 e. The Morgan fingerprint density at radius 3 is 2.39 bits per heavy atom. The third-order valence-corrected chi connectivity index (χ3v) is 12.4. The van der Waals surface area contributed by atoms with Crippen LogP contribution in [0.3, 0.4) is 0 Å².